The summed E-state index contributed by atoms with van der Waals surface area (Å²) in [4.78, 5) is 7.60. The van der Waals surface area contributed by atoms with Crippen LogP contribution in [0.4, 0.5) is 5.69 Å². The minimum Gasteiger partial charge on any atom is -0.390 e. The highest BCUT2D eigenvalue weighted by atomic mass is 16.3. The summed E-state index contributed by atoms with van der Waals surface area (Å²) in [6.45, 7) is 3.96. The van der Waals surface area contributed by atoms with Gasteiger partial charge in [-0.05, 0) is 30.7 Å². The summed E-state index contributed by atoms with van der Waals surface area (Å²) >= 11 is 0. The highest BCUT2D eigenvalue weighted by Crippen LogP contribution is 2.45. The van der Waals surface area contributed by atoms with E-state index in [0.717, 1.165) is 41.9 Å². The summed E-state index contributed by atoms with van der Waals surface area (Å²) in [5, 5.41) is 24.1. The molecule has 5 heteroatoms. The Morgan fingerprint density at radius 2 is 1.96 bits per heavy atom. The SMILES string of the molecule is C=C1NC=Nc2c([C@@H]3C[C@H](CCc4ccccc4)[C@@H](O)[C@H]3O)c[nH]c21. The number of hydrogen-bond acceptors (Lipinski definition) is 4. The van der Waals surface area contributed by atoms with Crippen molar-refractivity contribution in [2.75, 3.05) is 0 Å². The Kier molecular flexibility index (Phi) is 4.19. The smallest absolute Gasteiger partial charge is 0.0953 e. The predicted octanol–water partition coefficient (Wildman–Crippen LogP) is 2.71. The first-order valence-electron chi connectivity index (χ1n) is 8.75. The van der Waals surface area contributed by atoms with Crippen molar-refractivity contribution in [3.63, 3.8) is 0 Å². The zero-order valence-electron chi connectivity index (χ0n) is 14.0. The standard InChI is InChI=1S/C20H23N3O2/c1-12-17-18(23-11-22-12)16(10-21-17)15-9-14(19(24)20(15)25)8-7-13-5-3-2-4-6-13/h2-6,10-11,14-15,19-21,24-25H,1,7-9H2,(H,22,23)/t14-,15-,19+,20-/m0/s1. The van der Waals surface area contributed by atoms with Crippen LogP contribution in [-0.2, 0) is 6.42 Å². The average Bonchev–Trinajstić information content (AvgIpc) is 3.18. The van der Waals surface area contributed by atoms with Gasteiger partial charge < -0.3 is 20.5 Å². The number of benzene rings is 1. The van der Waals surface area contributed by atoms with Gasteiger partial charge in [0.1, 0.15) is 0 Å². The summed E-state index contributed by atoms with van der Waals surface area (Å²) in [5.74, 6) is -0.0292. The lowest BCUT2D eigenvalue weighted by molar-refractivity contribution is 0.0131. The Hall–Kier alpha value is -2.37. The van der Waals surface area contributed by atoms with Crippen LogP contribution in [0.2, 0.25) is 0 Å². The van der Waals surface area contributed by atoms with E-state index in [1.54, 1.807) is 6.34 Å². The molecule has 0 bridgehead atoms. The van der Waals surface area contributed by atoms with E-state index in [-0.39, 0.29) is 11.8 Å². The van der Waals surface area contributed by atoms with Gasteiger partial charge in [-0.25, -0.2) is 4.99 Å². The van der Waals surface area contributed by atoms with E-state index in [0.29, 0.717) is 0 Å². The molecule has 25 heavy (non-hydrogen) atoms. The molecule has 0 saturated heterocycles. The fourth-order valence-electron chi connectivity index (χ4n) is 4.05. The number of aliphatic imine (C=N–C) groups is 1. The molecule has 4 rings (SSSR count). The third-order valence-corrected chi connectivity index (χ3v) is 5.46. The average molecular weight is 337 g/mol. The molecule has 1 saturated carbocycles. The van der Waals surface area contributed by atoms with Crippen LogP contribution < -0.4 is 5.32 Å². The monoisotopic (exact) mass is 337 g/mol. The molecule has 1 aliphatic carbocycles. The second-order valence-electron chi connectivity index (χ2n) is 6.96. The van der Waals surface area contributed by atoms with Gasteiger partial charge in [-0.2, -0.15) is 0 Å². The molecule has 130 valence electrons. The summed E-state index contributed by atoms with van der Waals surface area (Å²) in [5.41, 5.74) is 4.67. The minimum absolute atomic E-state index is 0.0830. The highest BCUT2D eigenvalue weighted by Gasteiger charge is 2.43. The number of rotatable bonds is 4. The van der Waals surface area contributed by atoms with Crippen molar-refractivity contribution in [2.24, 2.45) is 10.9 Å². The molecule has 1 aromatic carbocycles. The van der Waals surface area contributed by atoms with Crippen molar-refractivity contribution in [2.45, 2.75) is 37.4 Å². The second kappa shape index (κ2) is 6.50. The van der Waals surface area contributed by atoms with Crippen molar-refractivity contribution in [3.8, 4) is 0 Å². The van der Waals surface area contributed by atoms with E-state index in [1.165, 1.54) is 5.56 Å². The lowest BCUT2D eigenvalue weighted by atomic mass is 9.93. The zero-order valence-corrected chi connectivity index (χ0v) is 14.0. The molecule has 0 radical (unpaired) electrons. The molecular formula is C20H23N3O2. The molecule has 1 aromatic heterocycles. The molecule has 4 atom stereocenters. The lowest BCUT2D eigenvalue weighted by Crippen LogP contribution is -2.27. The second-order valence-corrected chi connectivity index (χ2v) is 6.96. The molecule has 4 N–H and O–H groups in total. The van der Waals surface area contributed by atoms with E-state index < -0.39 is 12.2 Å². The van der Waals surface area contributed by atoms with Gasteiger partial charge in [-0.3, -0.25) is 0 Å². The topological polar surface area (TPSA) is 80.6 Å². The maximum atomic E-state index is 10.6. The summed E-state index contributed by atoms with van der Waals surface area (Å²) in [7, 11) is 0. The number of aliphatic hydroxyl groups excluding tert-OH is 2. The summed E-state index contributed by atoms with van der Waals surface area (Å²) < 4.78 is 0. The van der Waals surface area contributed by atoms with Crippen LogP contribution in [0.1, 0.15) is 35.6 Å². The van der Waals surface area contributed by atoms with Crippen LogP contribution in [0.5, 0.6) is 0 Å². The quantitative estimate of drug-likeness (QED) is 0.692. The number of hydrogen-bond donors (Lipinski definition) is 4. The van der Waals surface area contributed by atoms with E-state index in [1.807, 2.05) is 24.4 Å². The summed E-state index contributed by atoms with van der Waals surface area (Å²) in [6, 6.07) is 10.3. The normalized spacial score (nSPS) is 28.0. The molecule has 2 heterocycles. The maximum absolute atomic E-state index is 10.6. The fraction of sp³-hybridized carbons (Fsp3) is 0.350. The Morgan fingerprint density at radius 1 is 1.16 bits per heavy atom. The zero-order chi connectivity index (χ0) is 17.4. The molecule has 5 nitrogen and oxygen atoms in total. The largest absolute Gasteiger partial charge is 0.390 e. The van der Waals surface area contributed by atoms with Crippen molar-refractivity contribution >= 4 is 17.7 Å². The van der Waals surface area contributed by atoms with Crippen LogP contribution in [0.3, 0.4) is 0 Å². The molecule has 2 aliphatic rings. The first kappa shape index (κ1) is 16.1. The molecule has 0 amide bonds. The van der Waals surface area contributed by atoms with E-state index >= 15 is 0 Å². The number of fused-ring (bicyclic) bond motifs is 1. The first-order valence-corrected chi connectivity index (χ1v) is 8.75. The Bertz CT molecular complexity index is 797. The molecule has 0 spiro atoms. The molecule has 2 aromatic rings. The van der Waals surface area contributed by atoms with Gasteiger partial charge >= 0.3 is 0 Å². The number of aryl methyl sites for hydroxylation is 1. The first-order chi connectivity index (χ1) is 12.1. The Morgan fingerprint density at radius 3 is 2.76 bits per heavy atom. The van der Waals surface area contributed by atoms with Crippen LogP contribution in [-0.4, -0.2) is 33.7 Å². The van der Waals surface area contributed by atoms with Crippen LogP contribution >= 0.6 is 0 Å². The van der Waals surface area contributed by atoms with Gasteiger partial charge in [0.15, 0.2) is 0 Å². The van der Waals surface area contributed by atoms with E-state index in [4.69, 9.17) is 0 Å². The van der Waals surface area contributed by atoms with Crippen molar-refractivity contribution < 1.29 is 10.2 Å². The Labute approximate surface area is 147 Å². The molecule has 1 aliphatic heterocycles. The van der Waals surface area contributed by atoms with Crippen LogP contribution in [0.15, 0.2) is 48.1 Å². The van der Waals surface area contributed by atoms with Gasteiger partial charge in [0, 0.05) is 17.7 Å². The van der Waals surface area contributed by atoms with Gasteiger partial charge in [0.2, 0.25) is 0 Å². The van der Waals surface area contributed by atoms with Crippen LogP contribution in [0.25, 0.3) is 5.70 Å². The predicted molar refractivity (Wildman–Crippen MR) is 98.7 cm³/mol. The third-order valence-electron chi connectivity index (χ3n) is 5.46. The fourth-order valence-corrected chi connectivity index (χ4v) is 4.05. The third kappa shape index (κ3) is 2.90. The number of nitrogens with one attached hydrogen (secondary N) is 2. The number of nitrogens with zero attached hydrogens (tertiary/aromatic N) is 1. The van der Waals surface area contributed by atoms with Gasteiger partial charge in [-0.15, -0.1) is 0 Å². The Balaban J connectivity index is 1.51. The van der Waals surface area contributed by atoms with Crippen molar-refractivity contribution in [3.05, 3.63) is 59.9 Å². The van der Waals surface area contributed by atoms with Gasteiger partial charge in [-0.1, -0.05) is 36.9 Å². The number of aromatic nitrogens is 1. The molecular weight excluding hydrogens is 314 g/mol. The summed E-state index contributed by atoms with van der Waals surface area (Å²) in [6.07, 6.45) is 4.57. The van der Waals surface area contributed by atoms with Gasteiger partial charge in [0.25, 0.3) is 0 Å². The molecule has 1 fully saturated rings. The number of H-pyrrole nitrogens is 1. The van der Waals surface area contributed by atoms with Gasteiger partial charge in [0.05, 0.1) is 35.6 Å². The number of aromatic amines is 1. The van der Waals surface area contributed by atoms with Crippen molar-refractivity contribution in [1.82, 2.24) is 10.3 Å². The van der Waals surface area contributed by atoms with E-state index in [2.05, 4.69) is 34.0 Å². The molecule has 0 unspecified atom stereocenters. The number of aliphatic hydroxyl groups is 2. The minimum atomic E-state index is -0.765. The van der Waals surface area contributed by atoms with Crippen LogP contribution in [0, 0.1) is 5.92 Å². The maximum Gasteiger partial charge on any atom is 0.0953 e. The highest BCUT2D eigenvalue weighted by molar-refractivity contribution is 5.86. The van der Waals surface area contributed by atoms with Crippen molar-refractivity contribution in [1.29, 1.82) is 0 Å². The lowest BCUT2D eigenvalue weighted by Gasteiger charge is -2.18. The van der Waals surface area contributed by atoms with E-state index in [9.17, 15) is 10.2 Å².